The van der Waals surface area contributed by atoms with Crippen molar-refractivity contribution in [2.45, 2.75) is 19.3 Å². The van der Waals surface area contributed by atoms with E-state index in [1.165, 1.54) is 18.6 Å². The second kappa shape index (κ2) is 8.31. The van der Waals surface area contributed by atoms with Gasteiger partial charge in [-0.15, -0.1) is 0 Å². The Morgan fingerprint density at radius 2 is 1.96 bits per heavy atom. The van der Waals surface area contributed by atoms with Gasteiger partial charge in [-0.25, -0.2) is 0 Å². The average molecular weight is 390 g/mol. The van der Waals surface area contributed by atoms with Gasteiger partial charge in [0.15, 0.2) is 5.88 Å². The van der Waals surface area contributed by atoms with Crippen molar-refractivity contribution in [3.05, 3.63) is 51.7 Å². The maximum Gasteiger partial charge on any atom is 0.266 e. The van der Waals surface area contributed by atoms with Crippen molar-refractivity contribution >= 4 is 46.8 Å². The van der Waals surface area contributed by atoms with Crippen LogP contribution in [0.1, 0.15) is 25.0 Å². The molecule has 1 aromatic heterocycles. The third kappa shape index (κ3) is 4.40. The lowest BCUT2D eigenvalue weighted by Crippen LogP contribution is -2.28. The summed E-state index contributed by atoms with van der Waals surface area (Å²) in [6.07, 6.45) is 4.93. The van der Waals surface area contributed by atoms with Crippen molar-refractivity contribution in [3.63, 3.8) is 0 Å². The fourth-order valence-electron chi connectivity index (χ4n) is 2.78. The highest BCUT2D eigenvalue weighted by atomic mass is 35.5. The largest absolute Gasteiger partial charge is 0.441 e. The van der Waals surface area contributed by atoms with Crippen LogP contribution in [-0.4, -0.2) is 19.0 Å². The lowest BCUT2D eigenvalue weighted by Gasteiger charge is -2.25. The van der Waals surface area contributed by atoms with Crippen LogP contribution >= 0.6 is 23.2 Å². The summed E-state index contributed by atoms with van der Waals surface area (Å²) in [4.78, 5) is 14.5. The molecule has 134 valence electrons. The molecule has 1 fully saturated rings. The number of nitrogens with zero attached hydrogens (tertiary/aromatic N) is 2. The Morgan fingerprint density at radius 3 is 2.65 bits per heavy atom. The zero-order chi connectivity index (χ0) is 18.5. The minimum absolute atomic E-state index is 0.0736. The zero-order valence-electron chi connectivity index (χ0n) is 14.0. The molecule has 26 heavy (non-hydrogen) atoms. The van der Waals surface area contributed by atoms with Crippen LogP contribution in [0.5, 0.6) is 0 Å². The van der Waals surface area contributed by atoms with Crippen LogP contribution in [0.3, 0.4) is 0 Å². The van der Waals surface area contributed by atoms with Crippen molar-refractivity contribution in [2.24, 2.45) is 0 Å². The van der Waals surface area contributed by atoms with Gasteiger partial charge in [0.05, 0.1) is 10.7 Å². The Hall–Kier alpha value is -2.42. The summed E-state index contributed by atoms with van der Waals surface area (Å²) in [5.41, 5.74) is 0.311. The van der Waals surface area contributed by atoms with Gasteiger partial charge in [-0.2, -0.15) is 5.26 Å². The van der Waals surface area contributed by atoms with E-state index >= 15 is 0 Å². The van der Waals surface area contributed by atoms with Crippen molar-refractivity contribution in [2.75, 3.05) is 23.3 Å². The van der Waals surface area contributed by atoms with Gasteiger partial charge in [0.25, 0.3) is 5.91 Å². The number of amides is 1. The van der Waals surface area contributed by atoms with Crippen LogP contribution < -0.4 is 10.2 Å². The van der Waals surface area contributed by atoms with Gasteiger partial charge >= 0.3 is 0 Å². The van der Waals surface area contributed by atoms with Crippen LogP contribution in [0.4, 0.5) is 11.6 Å². The van der Waals surface area contributed by atoms with Crippen LogP contribution in [-0.2, 0) is 4.79 Å². The molecule has 1 N–H and O–H groups in total. The van der Waals surface area contributed by atoms with Crippen molar-refractivity contribution < 1.29 is 9.21 Å². The molecule has 5 nitrogen and oxygen atoms in total. The molecule has 1 amide bonds. The maximum absolute atomic E-state index is 12.3. The van der Waals surface area contributed by atoms with Crippen LogP contribution in [0.15, 0.2) is 40.3 Å². The van der Waals surface area contributed by atoms with E-state index in [0.29, 0.717) is 21.5 Å². The Balaban J connectivity index is 1.74. The minimum Gasteiger partial charge on any atom is -0.441 e. The second-order valence-corrected chi connectivity index (χ2v) is 6.82. The van der Waals surface area contributed by atoms with Crippen LogP contribution in [0, 0.1) is 11.3 Å². The number of piperidine rings is 1. The van der Waals surface area contributed by atoms with Gasteiger partial charge in [0.1, 0.15) is 17.4 Å². The molecule has 7 heteroatoms. The fraction of sp³-hybridized carbons (Fsp3) is 0.263. The van der Waals surface area contributed by atoms with E-state index < -0.39 is 5.91 Å². The van der Waals surface area contributed by atoms with Crippen molar-refractivity contribution in [3.8, 4) is 6.07 Å². The van der Waals surface area contributed by atoms with Gasteiger partial charge in [0, 0.05) is 30.3 Å². The summed E-state index contributed by atoms with van der Waals surface area (Å²) >= 11 is 11.9. The highest BCUT2D eigenvalue weighted by Crippen LogP contribution is 2.27. The highest BCUT2D eigenvalue weighted by Gasteiger charge is 2.16. The Bertz CT molecular complexity index is 877. The summed E-state index contributed by atoms with van der Waals surface area (Å²) in [5.74, 6) is 0.654. The highest BCUT2D eigenvalue weighted by molar-refractivity contribution is 6.36. The zero-order valence-corrected chi connectivity index (χ0v) is 15.5. The lowest BCUT2D eigenvalue weighted by molar-refractivity contribution is -0.112. The van der Waals surface area contributed by atoms with Crippen molar-refractivity contribution in [1.29, 1.82) is 5.26 Å². The molecule has 0 aliphatic carbocycles. The van der Waals surface area contributed by atoms with E-state index in [-0.39, 0.29) is 5.57 Å². The van der Waals surface area contributed by atoms with Crippen LogP contribution in [0.25, 0.3) is 6.08 Å². The molecule has 1 aliphatic rings. The Kier molecular flexibility index (Phi) is 5.87. The van der Waals surface area contributed by atoms with E-state index in [1.54, 1.807) is 18.2 Å². The normalized spacial score (nSPS) is 14.8. The molecule has 2 heterocycles. The van der Waals surface area contributed by atoms with Gasteiger partial charge in [-0.3, -0.25) is 4.79 Å². The predicted octanol–water partition coefficient (Wildman–Crippen LogP) is 5.12. The first-order chi connectivity index (χ1) is 12.6. The van der Waals surface area contributed by atoms with Crippen LogP contribution in [0.2, 0.25) is 10.0 Å². The van der Waals surface area contributed by atoms with Gasteiger partial charge in [-0.1, -0.05) is 23.2 Å². The quantitative estimate of drug-likeness (QED) is 0.581. The average Bonchev–Trinajstić information content (AvgIpc) is 3.11. The topological polar surface area (TPSA) is 69.3 Å². The third-order valence-corrected chi connectivity index (χ3v) is 4.66. The second-order valence-electron chi connectivity index (χ2n) is 5.97. The Morgan fingerprint density at radius 1 is 1.19 bits per heavy atom. The number of rotatable bonds is 4. The van der Waals surface area contributed by atoms with E-state index in [9.17, 15) is 10.1 Å². The number of nitrogens with one attached hydrogen (secondary N) is 1. The lowest BCUT2D eigenvalue weighted by atomic mass is 10.1. The molecular weight excluding hydrogens is 373 g/mol. The van der Waals surface area contributed by atoms with E-state index in [4.69, 9.17) is 27.6 Å². The number of hydrogen-bond donors (Lipinski definition) is 1. The maximum atomic E-state index is 12.3. The summed E-state index contributed by atoms with van der Waals surface area (Å²) < 4.78 is 5.77. The molecular formula is C19H17Cl2N3O2. The first kappa shape index (κ1) is 18.4. The number of hydrogen-bond acceptors (Lipinski definition) is 4. The predicted molar refractivity (Wildman–Crippen MR) is 103 cm³/mol. The number of carbonyl (C=O) groups excluding carboxylic acids is 1. The molecule has 2 aromatic rings. The molecule has 0 atom stereocenters. The molecule has 0 unspecified atom stereocenters. The number of carbonyl (C=O) groups is 1. The Labute approximate surface area is 161 Å². The molecule has 1 aromatic carbocycles. The number of benzene rings is 1. The van der Waals surface area contributed by atoms with Gasteiger partial charge < -0.3 is 14.6 Å². The molecule has 1 aliphatic heterocycles. The summed E-state index contributed by atoms with van der Waals surface area (Å²) in [7, 11) is 0. The molecule has 0 saturated carbocycles. The fourth-order valence-corrected chi connectivity index (χ4v) is 3.23. The first-order valence-corrected chi connectivity index (χ1v) is 9.05. The molecule has 0 bridgehead atoms. The summed E-state index contributed by atoms with van der Waals surface area (Å²) in [5, 5.41) is 12.7. The third-order valence-electron chi connectivity index (χ3n) is 4.11. The minimum atomic E-state index is -0.562. The van der Waals surface area contributed by atoms with E-state index in [1.807, 2.05) is 12.1 Å². The first-order valence-electron chi connectivity index (χ1n) is 8.30. The molecule has 1 saturated heterocycles. The SMILES string of the molecule is N#C/C(=C/c1ccc(N2CCCCC2)o1)C(=O)Nc1ccc(Cl)cc1Cl. The summed E-state index contributed by atoms with van der Waals surface area (Å²) in [6, 6.07) is 10.2. The van der Waals surface area contributed by atoms with E-state index in [2.05, 4.69) is 10.2 Å². The molecule has 3 rings (SSSR count). The number of anilines is 2. The smallest absolute Gasteiger partial charge is 0.266 e. The van der Waals surface area contributed by atoms with Crippen molar-refractivity contribution in [1.82, 2.24) is 0 Å². The van der Waals surface area contributed by atoms with Gasteiger partial charge in [-0.05, 0) is 43.5 Å². The van der Waals surface area contributed by atoms with Gasteiger partial charge in [0.2, 0.25) is 0 Å². The molecule has 0 spiro atoms. The summed E-state index contributed by atoms with van der Waals surface area (Å²) in [6.45, 7) is 1.91. The number of halogens is 2. The standard InChI is InChI=1S/C19H17Cl2N3O2/c20-14-4-6-17(16(21)11-14)23-19(25)13(12-22)10-15-5-7-18(26-15)24-8-2-1-3-9-24/h4-7,10-11H,1-3,8-9H2,(H,23,25)/b13-10-. The number of nitriles is 1. The monoisotopic (exact) mass is 389 g/mol. The molecule has 0 radical (unpaired) electrons. The van der Waals surface area contributed by atoms with E-state index in [0.717, 1.165) is 31.8 Å². The number of furan rings is 1.